The second-order valence-electron chi connectivity index (χ2n) is 5.71. The molecule has 0 aliphatic carbocycles. The molecule has 1 heterocycles. The minimum Gasteiger partial charge on any atom is -0.373 e. The summed E-state index contributed by atoms with van der Waals surface area (Å²) in [6.07, 6.45) is -4.11. The number of hydrogen-bond donors (Lipinski definition) is 1. The second kappa shape index (κ2) is 6.34. The number of hydrogen-bond acceptors (Lipinski definition) is 3. The summed E-state index contributed by atoms with van der Waals surface area (Å²) in [5.41, 5.74) is 5.94. The van der Waals surface area contributed by atoms with Crippen LogP contribution in [0.3, 0.4) is 0 Å². The van der Waals surface area contributed by atoms with Gasteiger partial charge in [0, 0.05) is 25.7 Å². The van der Waals surface area contributed by atoms with Crippen molar-refractivity contribution in [2.45, 2.75) is 38.3 Å². The maximum atomic E-state index is 12.7. The van der Waals surface area contributed by atoms with Crippen LogP contribution in [0.5, 0.6) is 0 Å². The van der Waals surface area contributed by atoms with Gasteiger partial charge in [0.2, 0.25) is 0 Å². The fourth-order valence-electron chi connectivity index (χ4n) is 2.76. The summed E-state index contributed by atoms with van der Waals surface area (Å²) in [5, 5.41) is 0. The predicted molar refractivity (Wildman–Crippen MR) is 74.8 cm³/mol. The monoisotopic (exact) mass is 302 g/mol. The highest BCUT2D eigenvalue weighted by Crippen LogP contribution is 2.30. The standard InChI is InChI=1S/C15H21F3N2O/c1-10-7-20(8-11(2)21-10)9-14(19)12-4-3-5-13(6-12)15(16,17)18/h3-6,10-11,14H,7-9,19H2,1-2H3. The van der Waals surface area contributed by atoms with E-state index in [9.17, 15) is 13.2 Å². The lowest BCUT2D eigenvalue weighted by Crippen LogP contribution is -2.47. The van der Waals surface area contributed by atoms with Crippen molar-refractivity contribution in [2.75, 3.05) is 19.6 Å². The van der Waals surface area contributed by atoms with Gasteiger partial charge in [0.15, 0.2) is 0 Å². The zero-order valence-electron chi connectivity index (χ0n) is 12.2. The molecule has 0 aromatic heterocycles. The fraction of sp³-hybridized carbons (Fsp3) is 0.600. The molecule has 1 fully saturated rings. The first-order valence-electron chi connectivity index (χ1n) is 7.06. The number of rotatable bonds is 3. The van der Waals surface area contributed by atoms with Crippen molar-refractivity contribution >= 4 is 0 Å². The number of nitrogens with zero attached hydrogens (tertiary/aromatic N) is 1. The minimum atomic E-state index is -4.34. The molecule has 0 saturated carbocycles. The summed E-state index contributed by atoms with van der Waals surface area (Å²) in [5.74, 6) is 0. The molecular formula is C15H21F3N2O. The van der Waals surface area contributed by atoms with E-state index in [0.717, 1.165) is 25.2 Å². The van der Waals surface area contributed by atoms with Crippen molar-refractivity contribution < 1.29 is 17.9 Å². The maximum Gasteiger partial charge on any atom is 0.416 e. The Morgan fingerprint density at radius 3 is 2.48 bits per heavy atom. The molecular weight excluding hydrogens is 281 g/mol. The lowest BCUT2D eigenvalue weighted by atomic mass is 10.0. The molecule has 2 N–H and O–H groups in total. The summed E-state index contributed by atoms with van der Waals surface area (Å²) < 4.78 is 43.8. The molecule has 0 amide bonds. The molecule has 21 heavy (non-hydrogen) atoms. The van der Waals surface area contributed by atoms with Crippen LogP contribution in [0.1, 0.15) is 31.0 Å². The van der Waals surface area contributed by atoms with E-state index in [2.05, 4.69) is 4.90 Å². The molecule has 1 aliphatic rings. The van der Waals surface area contributed by atoms with Crippen LogP contribution in [0, 0.1) is 0 Å². The molecule has 0 bridgehead atoms. The van der Waals surface area contributed by atoms with E-state index in [4.69, 9.17) is 10.5 Å². The van der Waals surface area contributed by atoms with Crippen LogP contribution in [0.2, 0.25) is 0 Å². The third kappa shape index (κ3) is 4.43. The Morgan fingerprint density at radius 1 is 1.29 bits per heavy atom. The third-order valence-corrected chi connectivity index (χ3v) is 3.59. The van der Waals surface area contributed by atoms with E-state index in [1.165, 1.54) is 6.07 Å². The van der Waals surface area contributed by atoms with Gasteiger partial charge in [0.25, 0.3) is 0 Å². The first kappa shape index (κ1) is 16.3. The zero-order valence-corrected chi connectivity index (χ0v) is 12.2. The van der Waals surface area contributed by atoms with Gasteiger partial charge in [-0.05, 0) is 31.5 Å². The highest BCUT2D eigenvalue weighted by atomic mass is 19.4. The molecule has 0 spiro atoms. The Labute approximate surface area is 122 Å². The third-order valence-electron chi connectivity index (χ3n) is 3.59. The van der Waals surface area contributed by atoms with Gasteiger partial charge in [0.1, 0.15) is 0 Å². The van der Waals surface area contributed by atoms with Crippen LogP contribution in [0.25, 0.3) is 0 Å². The van der Waals surface area contributed by atoms with E-state index in [1.54, 1.807) is 6.07 Å². The van der Waals surface area contributed by atoms with Crippen LogP contribution < -0.4 is 5.73 Å². The highest BCUT2D eigenvalue weighted by Gasteiger charge is 2.31. The predicted octanol–water partition coefficient (Wildman–Crippen LogP) is 2.81. The van der Waals surface area contributed by atoms with Gasteiger partial charge >= 0.3 is 6.18 Å². The van der Waals surface area contributed by atoms with Gasteiger partial charge in [-0.15, -0.1) is 0 Å². The number of nitrogens with two attached hydrogens (primary N) is 1. The fourth-order valence-corrected chi connectivity index (χ4v) is 2.76. The Morgan fingerprint density at radius 2 is 1.90 bits per heavy atom. The van der Waals surface area contributed by atoms with Gasteiger partial charge in [-0.25, -0.2) is 0 Å². The van der Waals surface area contributed by atoms with E-state index >= 15 is 0 Å². The zero-order chi connectivity index (χ0) is 15.6. The topological polar surface area (TPSA) is 38.5 Å². The first-order chi connectivity index (χ1) is 9.75. The second-order valence-corrected chi connectivity index (χ2v) is 5.71. The van der Waals surface area contributed by atoms with Crippen LogP contribution in [0.4, 0.5) is 13.2 Å². The Balaban J connectivity index is 2.05. The number of benzene rings is 1. The molecule has 0 radical (unpaired) electrons. The van der Waals surface area contributed by atoms with Gasteiger partial charge in [0.05, 0.1) is 17.8 Å². The van der Waals surface area contributed by atoms with E-state index in [-0.39, 0.29) is 12.2 Å². The summed E-state index contributed by atoms with van der Waals surface area (Å²) in [6.45, 7) is 5.99. The number of ether oxygens (including phenoxy) is 1. The van der Waals surface area contributed by atoms with Crippen molar-refractivity contribution in [2.24, 2.45) is 5.73 Å². The van der Waals surface area contributed by atoms with E-state index in [0.29, 0.717) is 12.1 Å². The van der Waals surface area contributed by atoms with Crippen molar-refractivity contribution in [3.63, 3.8) is 0 Å². The molecule has 6 heteroatoms. The molecule has 1 saturated heterocycles. The molecule has 1 aliphatic heterocycles. The summed E-state index contributed by atoms with van der Waals surface area (Å²) in [4.78, 5) is 2.14. The van der Waals surface area contributed by atoms with Gasteiger partial charge in [-0.3, -0.25) is 4.90 Å². The Hall–Kier alpha value is -1.11. The lowest BCUT2D eigenvalue weighted by molar-refractivity contribution is -0.137. The molecule has 1 aromatic rings. The molecule has 1 aromatic carbocycles. The molecule has 3 nitrogen and oxygen atoms in total. The van der Waals surface area contributed by atoms with E-state index in [1.807, 2.05) is 13.8 Å². The van der Waals surface area contributed by atoms with Crippen molar-refractivity contribution in [3.05, 3.63) is 35.4 Å². The quantitative estimate of drug-likeness (QED) is 0.933. The average molecular weight is 302 g/mol. The molecule has 118 valence electrons. The lowest BCUT2D eigenvalue weighted by Gasteiger charge is -2.36. The van der Waals surface area contributed by atoms with Crippen LogP contribution >= 0.6 is 0 Å². The van der Waals surface area contributed by atoms with Crippen molar-refractivity contribution in [3.8, 4) is 0 Å². The Kier molecular flexibility index (Phi) is 4.91. The minimum absolute atomic E-state index is 0.113. The van der Waals surface area contributed by atoms with Crippen LogP contribution in [-0.2, 0) is 10.9 Å². The summed E-state index contributed by atoms with van der Waals surface area (Å²) >= 11 is 0. The van der Waals surface area contributed by atoms with Crippen LogP contribution in [-0.4, -0.2) is 36.7 Å². The smallest absolute Gasteiger partial charge is 0.373 e. The van der Waals surface area contributed by atoms with E-state index < -0.39 is 17.8 Å². The number of morpholine rings is 1. The maximum absolute atomic E-state index is 12.7. The highest BCUT2D eigenvalue weighted by molar-refractivity contribution is 5.28. The first-order valence-corrected chi connectivity index (χ1v) is 7.06. The van der Waals surface area contributed by atoms with Gasteiger partial charge in [-0.2, -0.15) is 13.2 Å². The van der Waals surface area contributed by atoms with Crippen molar-refractivity contribution in [1.29, 1.82) is 0 Å². The molecule has 2 rings (SSSR count). The van der Waals surface area contributed by atoms with Crippen molar-refractivity contribution in [1.82, 2.24) is 4.90 Å². The summed E-state index contributed by atoms with van der Waals surface area (Å²) in [7, 11) is 0. The number of halogens is 3. The van der Waals surface area contributed by atoms with Gasteiger partial charge < -0.3 is 10.5 Å². The molecule has 3 unspecified atom stereocenters. The molecule has 3 atom stereocenters. The largest absolute Gasteiger partial charge is 0.416 e. The normalized spacial score (nSPS) is 25.8. The Bertz CT molecular complexity index is 468. The summed E-state index contributed by atoms with van der Waals surface area (Å²) in [6, 6.07) is 4.81. The SMILES string of the molecule is CC1CN(CC(N)c2cccc(C(F)(F)F)c2)CC(C)O1. The van der Waals surface area contributed by atoms with Gasteiger partial charge in [-0.1, -0.05) is 12.1 Å². The number of alkyl halides is 3. The average Bonchev–Trinajstić information content (AvgIpc) is 2.36. The van der Waals surface area contributed by atoms with Crippen LogP contribution in [0.15, 0.2) is 24.3 Å².